The van der Waals surface area contributed by atoms with E-state index in [-0.39, 0.29) is 23.9 Å². The van der Waals surface area contributed by atoms with Gasteiger partial charge < -0.3 is 18.9 Å². The van der Waals surface area contributed by atoms with E-state index in [0.717, 1.165) is 22.6 Å². The topological polar surface area (TPSA) is 30.9 Å². The summed E-state index contributed by atoms with van der Waals surface area (Å²) in [4.78, 5) is 4.72. The van der Waals surface area contributed by atoms with E-state index in [9.17, 15) is 0 Å². The van der Waals surface area contributed by atoms with Gasteiger partial charge in [0.25, 0.3) is 0 Å². The van der Waals surface area contributed by atoms with Crippen LogP contribution < -0.4 is 15.1 Å². The van der Waals surface area contributed by atoms with Crippen molar-refractivity contribution >= 4 is 41.4 Å². The van der Waals surface area contributed by atoms with Gasteiger partial charge in [0, 0.05) is 15.5 Å². The van der Waals surface area contributed by atoms with Gasteiger partial charge in [0.15, 0.2) is 0 Å². The van der Waals surface area contributed by atoms with Crippen LogP contribution in [0.15, 0.2) is 76.5 Å². The van der Waals surface area contributed by atoms with Crippen LogP contribution in [0.5, 0.6) is 5.75 Å². The number of benzene rings is 3. The first kappa shape index (κ1) is 23.3. The number of fused-ring (bicyclic) bond motifs is 2. The molecule has 3 aromatic rings. The second kappa shape index (κ2) is 8.08. The Balaban J connectivity index is 1.52. The molecule has 0 atom stereocenters. The van der Waals surface area contributed by atoms with Gasteiger partial charge in [-0.25, -0.2) is 0 Å². The molecule has 0 radical (unpaired) electrons. The van der Waals surface area contributed by atoms with Crippen LogP contribution in [0, 0.1) is 0 Å². The van der Waals surface area contributed by atoms with E-state index < -0.39 is 0 Å². The number of rotatable bonds is 3. The minimum absolute atomic E-state index is 0.230. The van der Waals surface area contributed by atoms with Gasteiger partial charge in [0.1, 0.15) is 11.4 Å². The maximum atomic E-state index is 6.32. The highest BCUT2D eigenvalue weighted by Gasteiger charge is 2.51. The van der Waals surface area contributed by atoms with E-state index in [1.165, 1.54) is 15.5 Å². The summed E-state index contributed by atoms with van der Waals surface area (Å²) in [7, 11) is -0.379. The van der Waals surface area contributed by atoms with Crippen LogP contribution >= 0.6 is 11.8 Å². The fourth-order valence-corrected chi connectivity index (χ4v) is 5.30. The van der Waals surface area contributed by atoms with Gasteiger partial charge in [-0.05, 0) is 102 Å². The average molecular weight is 473 g/mol. The van der Waals surface area contributed by atoms with E-state index in [1.54, 1.807) is 11.8 Å². The quantitative estimate of drug-likeness (QED) is 0.296. The lowest BCUT2D eigenvalue weighted by atomic mass is 9.79. The molecule has 0 unspecified atom stereocenters. The minimum Gasteiger partial charge on any atom is -0.488 e. The summed E-state index contributed by atoms with van der Waals surface area (Å²) in [5, 5.41) is 0. The molecule has 0 saturated carbocycles. The van der Waals surface area contributed by atoms with Gasteiger partial charge in [0.2, 0.25) is 0 Å². The minimum atomic E-state index is -0.379. The first-order valence-electron chi connectivity index (χ1n) is 11.8. The van der Waals surface area contributed by atoms with Crippen molar-refractivity contribution < 1.29 is 14.0 Å². The Labute approximate surface area is 207 Å². The first-order valence-corrected chi connectivity index (χ1v) is 12.6. The van der Waals surface area contributed by atoms with Crippen LogP contribution in [0.25, 0.3) is 0 Å². The third-order valence-electron chi connectivity index (χ3n) is 6.60. The standard InChI is InChI=1S/C28H32BNO3S/c1-26(2,3)31-21-15-13-20(14-16-21)30-22-10-8-9-11-24(22)34-25-18-19(12-17-23(25)30)29-32-27(4,5)28(6,7)33-29/h8-18H,1-7H3. The molecule has 0 spiro atoms. The molecule has 2 heterocycles. The molecule has 4 nitrogen and oxygen atoms in total. The summed E-state index contributed by atoms with van der Waals surface area (Å²) in [5.41, 5.74) is 3.50. The van der Waals surface area contributed by atoms with Crippen LogP contribution in [-0.2, 0) is 9.31 Å². The molecule has 176 valence electrons. The molecular formula is C28H32BNO3S. The van der Waals surface area contributed by atoms with Crippen LogP contribution in [0.2, 0.25) is 0 Å². The molecule has 1 saturated heterocycles. The van der Waals surface area contributed by atoms with Gasteiger partial charge in [-0.3, -0.25) is 0 Å². The number of anilines is 3. The molecule has 0 amide bonds. The predicted octanol–water partition coefficient (Wildman–Crippen LogP) is 7.10. The molecule has 1 fully saturated rings. The molecule has 0 aliphatic carbocycles. The van der Waals surface area contributed by atoms with E-state index in [2.05, 4.69) is 108 Å². The smallest absolute Gasteiger partial charge is 0.488 e. The van der Waals surface area contributed by atoms with Crippen molar-refractivity contribution in [3.05, 3.63) is 66.7 Å². The molecule has 2 aliphatic rings. The van der Waals surface area contributed by atoms with E-state index in [1.807, 2.05) is 12.1 Å². The SMILES string of the molecule is CC(C)(C)Oc1ccc(N2c3ccccc3Sc3cc(B4OC(C)(C)C(C)(C)O4)ccc32)cc1. The highest BCUT2D eigenvalue weighted by atomic mass is 32.2. The molecule has 34 heavy (non-hydrogen) atoms. The van der Waals surface area contributed by atoms with Crippen molar-refractivity contribution in [2.75, 3.05) is 4.90 Å². The second-order valence-electron chi connectivity index (χ2n) is 10.9. The lowest BCUT2D eigenvalue weighted by molar-refractivity contribution is 0.00578. The largest absolute Gasteiger partial charge is 0.494 e. The van der Waals surface area contributed by atoms with Gasteiger partial charge in [-0.1, -0.05) is 30.0 Å². The van der Waals surface area contributed by atoms with Crippen LogP contribution in [0.1, 0.15) is 48.5 Å². The van der Waals surface area contributed by atoms with E-state index >= 15 is 0 Å². The average Bonchev–Trinajstić information content (AvgIpc) is 2.98. The van der Waals surface area contributed by atoms with Crippen LogP contribution in [0.4, 0.5) is 17.1 Å². The molecule has 3 aromatic carbocycles. The molecule has 2 aliphatic heterocycles. The number of hydrogen-bond donors (Lipinski definition) is 0. The van der Waals surface area contributed by atoms with E-state index in [4.69, 9.17) is 14.0 Å². The van der Waals surface area contributed by atoms with E-state index in [0.29, 0.717) is 0 Å². The Morgan fingerprint density at radius 1 is 0.794 bits per heavy atom. The Kier molecular flexibility index (Phi) is 5.55. The first-order chi connectivity index (χ1) is 15.9. The Hall–Kier alpha value is -2.41. The summed E-state index contributed by atoms with van der Waals surface area (Å²) in [6, 6.07) is 23.4. The number of hydrogen-bond acceptors (Lipinski definition) is 5. The van der Waals surface area contributed by atoms with Gasteiger partial charge in [-0.2, -0.15) is 0 Å². The monoisotopic (exact) mass is 473 g/mol. The van der Waals surface area contributed by atoms with Crippen molar-refractivity contribution in [3.8, 4) is 5.75 Å². The maximum Gasteiger partial charge on any atom is 0.494 e. The lowest BCUT2D eigenvalue weighted by Gasteiger charge is -2.33. The zero-order valence-corrected chi connectivity index (χ0v) is 21.8. The van der Waals surface area contributed by atoms with Gasteiger partial charge in [0.05, 0.1) is 22.6 Å². The summed E-state index contributed by atoms with van der Waals surface area (Å²) < 4.78 is 18.7. The molecule has 0 N–H and O–H groups in total. The van der Waals surface area contributed by atoms with Crippen molar-refractivity contribution in [1.29, 1.82) is 0 Å². The van der Waals surface area contributed by atoms with Gasteiger partial charge in [-0.15, -0.1) is 0 Å². The lowest BCUT2D eigenvalue weighted by Crippen LogP contribution is -2.41. The van der Waals surface area contributed by atoms with Crippen LogP contribution in [0.3, 0.4) is 0 Å². The maximum absolute atomic E-state index is 6.32. The highest BCUT2D eigenvalue weighted by Crippen LogP contribution is 2.51. The highest BCUT2D eigenvalue weighted by molar-refractivity contribution is 7.99. The Bertz CT molecular complexity index is 1200. The summed E-state index contributed by atoms with van der Waals surface area (Å²) >= 11 is 1.79. The molecule has 0 bridgehead atoms. The predicted molar refractivity (Wildman–Crippen MR) is 141 cm³/mol. The molecule has 5 rings (SSSR count). The van der Waals surface area contributed by atoms with Gasteiger partial charge >= 0.3 is 7.12 Å². The normalized spacial score (nSPS) is 18.4. The number of para-hydroxylation sites is 1. The zero-order valence-electron chi connectivity index (χ0n) is 21.0. The fraction of sp³-hybridized carbons (Fsp3) is 0.357. The Morgan fingerprint density at radius 2 is 1.41 bits per heavy atom. The van der Waals surface area contributed by atoms with Crippen molar-refractivity contribution in [3.63, 3.8) is 0 Å². The summed E-state index contributed by atoms with van der Waals surface area (Å²) in [6.07, 6.45) is 0. The molecule has 6 heteroatoms. The summed E-state index contributed by atoms with van der Waals surface area (Å²) in [6.45, 7) is 14.5. The molecular weight excluding hydrogens is 441 g/mol. The van der Waals surface area contributed by atoms with Crippen molar-refractivity contribution in [2.24, 2.45) is 0 Å². The third-order valence-corrected chi connectivity index (χ3v) is 7.71. The number of ether oxygens (including phenoxy) is 1. The number of nitrogens with zero attached hydrogens (tertiary/aromatic N) is 1. The molecule has 0 aromatic heterocycles. The second-order valence-corrected chi connectivity index (χ2v) is 12.0. The zero-order chi connectivity index (χ0) is 24.3. The Morgan fingerprint density at radius 3 is 2.06 bits per heavy atom. The third kappa shape index (κ3) is 4.23. The summed E-state index contributed by atoms with van der Waals surface area (Å²) in [5.74, 6) is 0.868. The van der Waals surface area contributed by atoms with Crippen LogP contribution in [-0.4, -0.2) is 23.9 Å². The van der Waals surface area contributed by atoms with Crippen molar-refractivity contribution in [2.45, 2.75) is 75.1 Å². The fourth-order valence-electron chi connectivity index (χ4n) is 4.19. The van der Waals surface area contributed by atoms with Crippen molar-refractivity contribution in [1.82, 2.24) is 0 Å².